The molecule has 2 aromatic carbocycles. The predicted octanol–water partition coefficient (Wildman–Crippen LogP) is 3.78. The van der Waals surface area contributed by atoms with Crippen LogP contribution in [0.15, 0.2) is 58.3 Å². The number of carbonyl (C=O) groups excluding carboxylic acids is 1. The molecule has 0 radical (unpaired) electrons. The molecule has 5 nitrogen and oxygen atoms in total. The number of thiol groups is 1. The van der Waals surface area contributed by atoms with Crippen LogP contribution in [-0.4, -0.2) is 37.5 Å². The van der Waals surface area contributed by atoms with Crippen molar-refractivity contribution in [2.75, 3.05) is 25.1 Å². The van der Waals surface area contributed by atoms with E-state index >= 15 is 0 Å². The molecule has 2 atom stereocenters. The van der Waals surface area contributed by atoms with E-state index in [0.29, 0.717) is 13.2 Å². The number of benzene rings is 2. The average Bonchev–Trinajstić information content (AvgIpc) is 2.99. The Hall–Kier alpha value is -1.83. The summed E-state index contributed by atoms with van der Waals surface area (Å²) in [4.78, 5) is 15.2. The molecule has 3 rings (SSSR count). The highest BCUT2D eigenvalue weighted by Gasteiger charge is 2.30. The highest BCUT2D eigenvalue weighted by atomic mass is 32.2. The smallest absolute Gasteiger partial charge is 0.216 e. The number of likely N-dealkylation sites (N-methyl/N-ethyl adjacent to an activating group) is 1. The number of hydrogen-bond donors (Lipinski definition) is 3. The fourth-order valence-electron chi connectivity index (χ4n) is 2.73. The van der Waals surface area contributed by atoms with Crippen LogP contribution in [-0.2, 0) is 4.79 Å². The first-order chi connectivity index (χ1) is 13.4. The molecule has 1 heterocycles. The first-order valence-corrected chi connectivity index (χ1v) is 10.6. The maximum atomic E-state index is 10.8. The lowest BCUT2D eigenvalue weighted by Crippen LogP contribution is -2.39. The number of ether oxygens (including phenoxy) is 1. The van der Waals surface area contributed by atoms with Gasteiger partial charge in [0.1, 0.15) is 5.75 Å². The third-order valence-corrected chi connectivity index (χ3v) is 5.98. The van der Waals surface area contributed by atoms with E-state index in [9.17, 15) is 4.79 Å². The predicted molar refractivity (Wildman–Crippen MR) is 121 cm³/mol. The quantitative estimate of drug-likeness (QED) is 0.491. The van der Waals surface area contributed by atoms with E-state index in [1.54, 1.807) is 11.8 Å². The van der Waals surface area contributed by atoms with Crippen molar-refractivity contribution in [3.05, 3.63) is 48.5 Å². The van der Waals surface area contributed by atoms with Gasteiger partial charge in [-0.25, -0.2) is 0 Å². The zero-order valence-corrected chi connectivity index (χ0v) is 18.3. The van der Waals surface area contributed by atoms with Crippen molar-refractivity contribution in [1.82, 2.24) is 5.32 Å². The van der Waals surface area contributed by atoms with E-state index in [-0.39, 0.29) is 17.3 Å². The van der Waals surface area contributed by atoms with Crippen molar-refractivity contribution >= 4 is 36.0 Å². The topological polar surface area (TPSA) is 67.6 Å². The summed E-state index contributed by atoms with van der Waals surface area (Å²) >= 11 is 5.86. The van der Waals surface area contributed by atoms with E-state index in [1.807, 2.05) is 43.3 Å². The van der Waals surface area contributed by atoms with Crippen LogP contribution in [0.4, 0.5) is 5.69 Å². The summed E-state index contributed by atoms with van der Waals surface area (Å²) in [6.07, 6.45) is 0.798. The summed E-state index contributed by atoms with van der Waals surface area (Å²) in [5.41, 5.74) is 7.22. The lowest BCUT2D eigenvalue weighted by Gasteiger charge is -2.24. The van der Waals surface area contributed by atoms with Gasteiger partial charge in [0.25, 0.3) is 0 Å². The number of carbonyl (C=O) groups is 1. The number of nitrogens with one attached hydrogen (secondary N) is 1. The standard InChI is InChI=1S/C15H23N3O2S.C6H6S/c1-10(16)15-18(3)13-6-5-12(9-14(13)21-15)20-8-4-7-17-11(2)19;7-6-4-2-1-3-5-6/h5-6,9-10,15H,4,7-8,16H2,1-3H3,(H,17,19);1-5,7H. The Labute approximate surface area is 177 Å². The summed E-state index contributed by atoms with van der Waals surface area (Å²) in [5.74, 6) is 0.858. The Balaban J connectivity index is 0.000000336. The van der Waals surface area contributed by atoms with Crippen LogP contribution in [0, 0.1) is 0 Å². The van der Waals surface area contributed by atoms with Crippen LogP contribution in [0.5, 0.6) is 5.75 Å². The number of nitrogens with two attached hydrogens (primary N) is 1. The molecule has 0 saturated carbocycles. The Morgan fingerprint density at radius 3 is 2.61 bits per heavy atom. The second kappa shape index (κ2) is 11.2. The van der Waals surface area contributed by atoms with Gasteiger partial charge in [0.2, 0.25) is 5.91 Å². The van der Waals surface area contributed by atoms with Crippen LogP contribution < -0.4 is 20.7 Å². The van der Waals surface area contributed by atoms with Crippen molar-refractivity contribution in [1.29, 1.82) is 0 Å². The largest absolute Gasteiger partial charge is 0.493 e. The summed E-state index contributed by atoms with van der Waals surface area (Å²) in [6.45, 7) is 4.78. The molecule has 0 spiro atoms. The number of fused-ring (bicyclic) bond motifs is 1. The minimum atomic E-state index is -0.00564. The van der Waals surface area contributed by atoms with Crippen LogP contribution in [0.2, 0.25) is 0 Å². The zero-order chi connectivity index (χ0) is 20.5. The molecule has 2 aromatic rings. The lowest BCUT2D eigenvalue weighted by atomic mass is 10.2. The summed E-state index contributed by atoms with van der Waals surface area (Å²) in [5, 5.41) is 3.03. The number of thioether (sulfide) groups is 1. The van der Waals surface area contributed by atoms with Gasteiger partial charge >= 0.3 is 0 Å². The van der Waals surface area contributed by atoms with Crippen molar-refractivity contribution in [2.45, 2.75) is 41.5 Å². The van der Waals surface area contributed by atoms with Gasteiger partial charge in [-0.15, -0.1) is 12.6 Å². The molecule has 1 aliphatic heterocycles. The molecule has 0 fully saturated rings. The van der Waals surface area contributed by atoms with Gasteiger partial charge in [0, 0.05) is 36.3 Å². The second-order valence-corrected chi connectivity index (χ2v) is 8.30. The van der Waals surface area contributed by atoms with E-state index in [0.717, 1.165) is 17.1 Å². The van der Waals surface area contributed by atoms with E-state index in [4.69, 9.17) is 10.5 Å². The number of hydrogen-bond acceptors (Lipinski definition) is 6. The molecule has 1 aliphatic rings. The third-order valence-electron chi connectivity index (χ3n) is 4.11. The fourth-order valence-corrected chi connectivity index (χ4v) is 4.17. The highest BCUT2D eigenvalue weighted by Crippen LogP contribution is 2.44. The van der Waals surface area contributed by atoms with Crippen molar-refractivity contribution < 1.29 is 9.53 Å². The fraction of sp³-hybridized carbons (Fsp3) is 0.381. The molecule has 0 saturated heterocycles. The Morgan fingerprint density at radius 2 is 2.04 bits per heavy atom. The summed E-state index contributed by atoms with van der Waals surface area (Å²) in [6, 6.07) is 16.0. The Bertz CT molecular complexity index is 757. The molecule has 152 valence electrons. The number of anilines is 1. The minimum absolute atomic E-state index is 0.00564. The second-order valence-electron chi connectivity index (χ2n) is 6.63. The van der Waals surface area contributed by atoms with Gasteiger partial charge in [0.15, 0.2) is 0 Å². The molecule has 1 amide bonds. The zero-order valence-electron chi connectivity index (χ0n) is 16.6. The third kappa shape index (κ3) is 6.96. The molecule has 2 unspecified atom stereocenters. The maximum Gasteiger partial charge on any atom is 0.216 e. The molecule has 3 N–H and O–H groups in total. The molecule has 7 heteroatoms. The van der Waals surface area contributed by atoms with Gasteiger partial charge < -0.3 is 20.7 Å². The highest BCUT2D eigenvalue weighted by molar-refractivity contribution is 8.00. The van der Waals surface area contributed by atoms with Crippen molar-refractivity contribution in [3.8, 4) is 5.75 Å². The first kappa shape index (κ1) is 22.5. The van der Waals surface area contributed by atoms with Crippen LogP contribution in [0.25, 0.3) is 0 Å². The van der Waals surface area contributed by atoms with Crippen LogP contribution in [0.3, 0.4) is 0 Å². The summed E-state index contributed by atoms with van der Waals surface area (Å²) < 4.78 is 5.73. The summed E-state index contributed by atoms with van der Waals surface area (Å²) in [7, 11) is 2.07. The van der Waals surface area contributed by atoms with Gasteiger partial charge in [-0.05, 0) is 43.7 Å². The first-order valence-electron chi connectivity index (χ1n) is 9.29. The molecule has 0 aromatic heterocycles. The average molecular weight is 420 g/mol. The van der Waals surface area contributed by atoms with E-state index < -0.39 is 0 Å². The van der Waals surface area contributed by atoms with Gasteiger partial charge in [-0.3, -0.25) is 4.79 Å². The normalized spacial score (nSPS) is 15.9. The number of rotatable bonds is 6. The van der Waals surface area contributed by atoms with Gasteiger partial charge in [0.05, 0.1) is 17.7 Å². The van der Waals surface area contributed by atoms with E-state index in [1.165, 1.54) is 17.5 Å². The molecule has 0 bridgehead atoms. The maximum absolute atomic E-state index is 10.8. The molecular weight excluding hydrogens is 390 g/mol. The monoisotopic (exact) mass is 419 g/mol. The van der Waals surface area contributed by atoms with Gasteiger partial charge in [-0.1, -0.05) is 30.0 Å². The Morgan fingerprint density at radius 1 is 1.32 bits per heavy atom. The SMILES string of the molecule is CC(=O)NCCCOc1ccc2c(c1)SC(C(C)N)N2C.Sc1ccccc1. The molecule has 0 aliphatic carbocycles. The lowest BCUT2D eigenvalue weighted by molar-refractivity contribution is -0.118. The van der Waals surface area contributed by atoms with Gasteiger partial charge in [-0.2, -0.15) is 0 Å². The molecular formula is C21H29N3O2S2. The van der Waals surface area contributed by atoms with Crippen molar-refractivity contribution in [2.24, 2.45) is 5.73 Å². The van der Waals surface area contributed by atoms with Crippen LogP contribution in [0.1, 0.15) is 20.3 Å². The number of nitrogens with zero attached hydrogens (tertiary/aromatic N) is 1. The van der Waals surface area contributed by atoms with Crippen LogP contribution >= 0.6 is 24.4 Å². The molecule has 28 heavy (non-hydrogen) atoms. The van der Waals surface area contributed by atoms with E-state index in [2.05, 4.69) is 42.0 Å². The number of amides is 1. The minimum Gasteiger partial charge on any atom is -0.493 e. The van der Waals surface area contributed by atoms with Crippen molar-refractivity contribution in [3.63, 3.8) is 0 Å². The Kier molecular flexibility index (Phi) is 9.02.